The van der Waals surface area contributed by atoms with Gasteiger partial charge in [-0.15, -0.1) is 0 Å². The second-order valence-corrected chi connectivity index (χ2v) is 4.10. The number of pyridine rings is 1. The highest BCUT2D eigenvalue weighted by molar-refractivity contribution is 5.86. The van der Waals surface area contributed by atoms with Crippen molar-refractivity contribution in [1.82, 2.24) is 4.98 Å². The fourth-order valence-corrected chi connectivity index (χ4v) is 2.00. The Hall–Kier alpha value is -1.90. The summed E-state index contributed by atoms with van der Waals surface area (Å²) in [4.78, 5) is 15.3. The number of ether oxygens (including phenoxy) is 1. The minimum Gasteiger partial charge on any atom is -0.469 e. The number of fused-ring (bicyclic) bond motifs is 1. The molecule has 0 unspecified atom stereocenters. The van der Waals surface area contributed by atoms with Crippen molar-refractivity contribution < 1.29 is 9.53 Å². The first-order valence-corrected chi connectivity index (χ1v) is 5.61. The zero-order chi connectivity index (χ0) is 12.3. The molecule has 1 aromatic carbocycles. The monoisotopic (exact) mass is 229 g/mol. The van der Waals surface area contributed by atoms with Crippen LogP contribution in [-0.2, 0) is 16.0 Å². The number of aryl methyl sites for hydroxylation is 2. The first-order chi connectivity index (χ1) is 8.20. The van der Waals surface area contributed by atoms with E-state index in [0.717, 1.165) is 10.8 Å². The van der Waals surface area contributed by atoms with Gasteiger partial charge >= 0.3 is 5.97 Å². The number of methoxy groups -OCH3 is 1. The molecule has 0 aliphatic heterocycles. The van der Waals surface area contributed by atoms with Crippen molar-refractivity contribution in [2.24, 2.45) is 0 Å². The van der Waals surface area contributed by atoms with Crippen LogP contribution >= 0.6 is 0 Å². The third kappa shape index (κ3) is 2.61. The SMILES string of the molecule is COC(=O)CCc1cc(C)cc2cnccc12. The number of carbonyl (C=O) groups is 1. The molecule has 0 fully saturated rings. The fraction of sp³-hybridized carbons (Fsp3) is 0.286. The largest absolute Gasteiger partial charge is 0.469 e. The molecule has 3 heteroatoms. The molecule has 0 aliphatic carbocycles. The maximum absolute atomic E-state index is 11.2. The average Bonchev–Trinajstić information content (AvgIpc) is 2.35. The Morgan fingerprint density at radius 3 is 3.00 bits per heavy atom. The predicted molar refractivity (Wildman–Crippen MR) is 66.8 cm³/mol. The first-order valence-electron chi connectivity index (χ1n) is 5.61. The van der Waals surface area contributed by atoms with E-state index in [4.69, 9.17) is 0 Å². The molecule has 1 aromatic heterocycles. The van der Waals surface area contributed by atoms with Crippen molar-refractivity contribution in [3.05, 3.63) is 41.7 Å². The summed E-state index contributed by atoms with van der Waals surface area (Å²) in [5, 5.41) is 2.28. The van der Waals surface area contributed by atoms with Crippen molar-refractivity contribution in [2.45, 2.75) is 19.8 Å². The lowest BCUT2D eigenvalue weighted by Gasteiger charge is -2.07. The lowest BCUT2D eigenvalue weighted by Crippen LogP contribution is -2.02. The Morgan fingerprint density at radius 1 is 1.41 bits per heavy atom. The van der Waals surface area contributed by atoms with E-state index in [1.165, 1.54) is 18.2 Å². The van der Waals surface area contributed by atoms with E-state index >= 15 is 0 Å². The molecular weight excluding hydrogens is 214 g/mol. The smallest absolute Gasteiger partial charge is 0.305 e. The molecule has 0 amide bonds. The number of hydrogen-bond donors (Lipinski definition) is 0. The highest BCUT2D eigenvalue weighted by atomic mass is 16.5. The van der Waals surface area contributed by atoms with Crippen LogP contribution in [0.4, 0.5) is 0 Å². The van der Waals surface area contributed by atoms with E-state index in [9.17, 15) is 4.79 Å². The van der Waals surface area contributed by atoms with Crippen LogP contribution < -0.4 is 0 Å². The number of esters is 1. The van der Waals surface area contributed by atoms with Crippen LogP contribution in [0.1, 0.15) is 17.5 Å². The van der Waals surface area contributed by atoms with Crippen LogP contribution in [0.5, 0.6) is 0 Å². The summed E-state index contributed by atoms with van der Waals surface area (Å²) in [5.74, 6) is -0.172. The van der Waals surface area contributed by atoms with Crippen LogP contribution in [0.25, 0.3) is 10.8 Å². The summed E-state index contributed by atoms with van der Waals surface area (Å²) in [6.45, 7) is 2.05. The van der Waals surface area contributed by atoms with Crippen molar-refractivity contribution in [1.29, 1.82) is 0 Å². The quantitative estimate of drug-likeness (QED) is 0.759. The number of hydrogen-bond acceptors (Lipinski definition) is 3. The van der Waals surface area contributed by atoms with E-state index in [1.807, 2.05) is 19.2 Å². The van der Waals surface area contributed by atoms with Gasteiger partial charge in [0.25, 0.3) is 0 Å². The average molecular weight is 229 g/mol. The molecular formula is C14H15NO2. The lowest BCUT2D eigenvalue weighted by atomic mass is 10.00. The molecule has 1 heterocycles. The van der Waals surface area contributed by atoms with Crippen molar-refractivity contribution >= 4 is 16.7 Å². The van der Waals surface area contributed by atoms with Crippen LogP contribution in [0.2, 0.25) is 0 Å². The Labute approximate surface area is 100 Å². The van der Waals surface area contributed by atoms with Crippen molar-refractivity contribution in [2.75, 3.05) is 7.11 Å². The van der Waals surface area contributed by atoms with Gasteiger partial charge < -0.3 is 4.74 Å². The molecule has 0 atom stereocenters. The van der Waals surface area contributed by atoms with Crippen LogP contribution in [0.15, 0.2) is 30.6 Å². The first kappa shape index (κ1) is 11.6. The van der Waals surface area contributed by atoms with Gasteiger partial charge in [-0.25, -0.2) is 0 Å². The number of rotatable bonds is 3. The topological polar surface area (TPSA) is 39.2 Å². The summed E-state index contributed by atoms with van der Waals surface area (Å²) < 4.78 is 4.66. The van der Waals surface area contributed by atoms with E-state index < -0.39 is 0 Å². The molecule has 2 rings (SSSR count). The Bertz CT molecular complexity index is 549. The summed E-state index contributed by atoms with van der Waals surface area (Å²) in [5.41, 5.74) is 2.36. The Morgan fingerprint density at radius 2 is 2.24 bits per heavy atom. The minimum atomic E-state index is -0.172. The lowest BCUT2D eigenvalue weighted by molar-refractivity contribution is -0.140. The summed E-state index contributed by atoms with van der Waals surface area (Å²) in [7, 11) is 1.42. The molecule has 0 saturated carbocycles. The Kier molecular flexibility index (Phi) is 3.38. The molecule has 3 nitrogen and oxygen atoms in total. The molecule has 0 bridgehead atoms. The summed E-state index contributed by atoms with van der Waals surface area (Å²) in [6.07, 6.45) is 4.75. The Balaban J connectivity index is 2.35. The van der Waals surface area contributed by atoms with E-state index in [0.29, 0.717) is 12.8 Å². The number of nitrogens with zero attached hydrogens (tertiary/aromatic N) is 1. The van der Waals surface area contributed by atoms with Crippen LogP contribution in [-0.4, -0.2) is 18.1 Å². The van der Waals surface area contributed by atoms with Gasteiger partial charge in [0.2, 0.25) is 0 Å². The van der Waals surface area contributed by atoms with Crippen molar-refractivity contribution in [3.8, 4) is 0 Å². The van der Waals surface area contributed by atoms with Crippen LogP contribution in [0.3, 0.4) is 0 Å². The second kappa shape index (κ2) is 4.95. The van der Waals surface area contributed by atoms with Gasteiger partial charge in [0.1, 0.15) is 0 Å². The maximum atomic E-state index is 11.2. The molecule has 17 heavy (non-hydrogen) atoms. The summed E-state index contributed by atoms with van der Waals surface area (Å²) >= 11 is 0. The fourth-order valence-electron chi connectivity index (χ4n) is 2.00. The second-order valence-electron chi connectivity index (χ2n) is 4.10. The minimum absolute atomic E-state index is 0.172. The van der Waals surface area contributed by atoms with Gasteiger partial charge in [-0.2, -0.15) is 0 Å². The highest BCUT2D eigenvalue weighted by Gasteiger charge is 2.06. The third-order valence-electron chi connectivity index (χ3n) is 2.81. The highest BCUT2D eigenvalue weighted by Crippen LogP contribution is 2.21. The molecule has 0 radical (unpaired) electrons. The summed E-state index contributed by atoms with van der Waals surface area (Å²) in [6, 6.07) is 6.20. The van der Waals surface area contributed by atoms with Gasteiger partial charge in [0.05, 0.1) is 7.11 Å². The molecule has 2 aromatic rings. The molecule has 0 spiro atoms. The van der Waals surface area contributed by atoms with E-state index in [2.05, 4.69) is 21.9 Å². The standard InChI is InChI=1S/C14H15NO2/c1-10-7-11(3-4-14(16)17-2)13-5-6-15-9-12(13)8-10/h5-9H,3-4H2,1-2H3. The molecule has 0 N–H and O–H groups in total. The van der Waals surface area contributed by atoms with Gasteiger partial charge in [0, 0.05) is 24.2 Å². The van der Waals surface area contributed by atoms with Gasteiger partial charge in [-0.1, -0.05) is 11.6 Å². The molecule has 88 valence electrons. The predicted octanol–water partition coefficient (Wildman–Crippen LogP) is 2.65. The number of carbonyl (C=O) groups excluding carboxylic acids is 1. The van der Waals surface area contributed by atoms with E-state index in [1.54, 1.807) is 6.20 Å². The number of benzene rings is 1. The zero-order valence-electron chi connectivity index (χ0n) is 10.1. The van der Waals surface area contributed by atoms with Crippen LogP contribution in [0, 0.1) is 6.92 Å². The van der Waals surface area contributed by atoms with Gasteiger partial charge in [-0.05, 0) is 36.4 Å². The maximum Gasteiger partial charge on any atom is 0.305 e. The molecule has 0 saturated heterocycles. The zero-order valence-corrected chi connectivity index (χ0v) is 10.1. The van der Waals surface area contributed by atoms with Crippen molar-refractivity contribution in [3.63, 3.8) is 0 Å². The normalized spacial score (nSPS) is 10.5. The van der Waals surface area contributed by atoms with Gasteiger partial charge in [-0.3, -0.25) is 9.78 Å². The third-order valence-corrected chi connectivity index (χ3v) is 2.81. The van der Waals surface area contributed by atoms with E-state index in [-0.39, 0.29) is 5.97 Å². The number of aromatic nitrogens is 1. The van der Waals surface area contributed by atoms with Gasteiger partial charge in [0.15, 0.2) is 0 Å². The molecule has 0 aliphatic rings.